The number of unbranched alkanes of at least 4 members (excludes halogenated alkanes) is 1. The van der Waals surface area contributed by atoms with Crippen LogP contribution < -0.4 is 10.6 Å². The zero-order valence-corrected chi connectivity index (χ0v) is 15.7. The molecule has 1 aliphatic rings. The Bertz CT molecular complexity index is 673. The van der Waals surface area contributed by atoms with Crippen molar-refractivity contribution in [2.75, 3.05) is 13.6 Å². The van der Waals surface area contributed by atoms with Crippen LogP contribution in [0.15, 0.2) is 35.6 Å². The minimum absolute atomic E-state index is 0.726. The van der Waals surface area contributed by atoms with Crippen LogP contribution in [-0.4, -0.2) is 34.7 Å². The van der Waals surface area contributed by atoms with E-state index in [0.717, 1.165) is 36.4 Å². The number of nitrogens with zero attached hydrogens (tertiary/aromatic N) is 3. The van der Waals surface area contributed by atoms with Gasteiger partial charge < -0.3 is 10.6 Å². The second-order valence-electron chi connectivity index (χ2n) is 7.03. The lowest BCUT2D eigenvalue weighted by Gasteiger charge is -2.13. The van der Waals surface area contributed by atoms with Crippen LogP contribution in [0.1, 0.15) is 50.5 Å². The van der Waals surface area contributed by atoms with Gasteiger partial charge in [-0.25, -0.2) is 4.98 Å². The maximum absolute atomic E-state index is 4.32. The molecule has 6 heteroatoms. The van der Waals surface area contributed by atoms with Gasteiger partial charge in [-0.15, -0.1) is 0 Å². The standard InChI is InChI=1S/C20H30N6/c1-21-20(22-12-5-4-9-16-7-2-3-8-16)23-14-17-10-6-11-18(13-17)19-24-15-25-26-19/h6,10-11,13,15-16H,2-5,7-9,12,14H2,1H3,(H2,21,22,23)(H,24,25,26). The predicted octanol–water partition coefficient (Wildman–Crippen LogP) is 3.50. The Hall–Kier alpha value is -2.37. The fraction of sp³-hybridized carbons (Fsp3) is 0.550. The second-order valence-corrected chi connectivity index (χ2v) is 7.03. The summed E-state index contributed by atoms with van der Waals surface area (Å²) in [7, 11) is 1.82. The number of hydrogen-bond acceptors (Lipinski definition) is 3. The van der Waals surface area contributed by atoms with Crippen LogP contribution in [0, 0.1) is 5.92 Å². The van der Waals surface area contributed by atoms with Crippen molar-refractivity contribution in [2.45, 2.75) is 51.5 Å². The molecule has 0 amide bonds. The first-order chi connectivity index (χ1) is 12.8. The summed E-state index contributed by atoms with van der Waals surface area (Å²) < 4.78 is 0. The minimum Gasteiger partial charge on any atom is -0.356 e. The van der Waals surface area contributed by atoms with Crippen molar-refractivity contribution in [3.63, 3.8) is 0 Å². The lowest BCUT2D eigenvalue weighted by Crippen LogP contribution is -2.37. The van der Waals surface area contributed by atoms with Gasteiger partial charge in [-0.1, -0.05) is 56.7 Å². The Morgan fingerprint density at radius 2 is 2.12 bits per heavy atom. The molecule has 6 nitrogen and oxygen atoms in total. The predicted molar refractivity (Wildman–Crippen MR) is 106 cm³/mol. The van der Waals surface area contributed by atoms with Gasteiger partial charge in [0.1, 0.15) is 6.33 Å². The number of aromatic amines is 1. The minimum atomic E-state index is 0.726. The second kappa shape index (κ2) is 9.94. The molecule has 0 radical (unpaired) electrons. The van der Waals surface area contributed by atoms with E-state index in [1.807, 2.05) is 19.2 Å². The Labute approximate surface area is 155 Å². The van der Waals surface area contributed by atoms with Gasteiger partial charge in [0.15, 0.2) is 11.8 Å². The molecule has 0 atom stereocenters. The number of aromatic nitrogens is 3. The zero-order valence-electron chi connectivity index (χ0n) is 15.7. The van der Waals surface area contributed by atoms with Gasteiger partial charge in [0.25, 0.3) is 0 Å². The first-order valence-electron chi connectivity index (χ1n) is 9.74. The molecule has 0 unspecified atom stereocenters. The molecule has 3 rings (SSSR count). The number of guanidine groups is 1. The molecule has 0 saturated heterocycles. The van der Waals surface area contributed by atoms with Gasteiger partial charge in [0.05, 0.1) is 0 Å². The highest BCUT2D eigenvalue weighted by molar-refractivity contribution is 5.79. The maximum Gasteiger partial charge on any atom is 0.191 e. The van der Waals surface area contributed by atoms with E-state index < -0.39 is 0 Å². The number of nitrogens with one attached hydrogen (secondary N) is 3. The third-order valence-corrected chi connectivity index (χ3v) is 5.11. The average Bonchev–Trinajstić information content (AvgIpc) is 3.38. The third kappa shape index (κ3) is 5.58. The largest absolute Gasteiger partial charge is 0.356 e. The molecule has 1 aromatic heterocycles. The molecule has 140 valence electrons. The molecule has 1 saturated carbocycles. The Morgan fingerprint density at radius 3 is 2.88 bits per heavy atom. The topological polar surface area (TPSA) is 78.0 Å². The highest BCUT2D eigenvalue weighted by Gasteiger charge is 2.13. The molecular formula is C20H30N6. The van der Waals surface area contributed by atoms with Crippen molar-refractivity contribution in [3.8, 4) is 11.4 Å². The van der Waals surface area contributed by atoms with Crippen LogP contribution in [0.5, 0.6) is 0 Å². The maximum atomic E-state index is 4.32. The fourth-order valence-electron chi connectivity index (χ4n) is 3.64. The number of rotatable bonds is 8. The molecule has 0 spiro atoms. The normalized spacial score (nSPS) is 15.3. The van der Waals surface area contributed by atoms with Gasteiger partial charge in [0.2, 0.25) is 0 Å². The van der Waals surface area contributed by atoms with Crippen molar-refractivity contribution >= 4 is 5.96 Å². The van der Waals surface area contributed by atoms with Gasteiger partial charge in [-0.05, 0) is 24.0 Å². The highest BCUT2D eigenvalue weighted by Crippen LogP contribution is 2.28. The summed E-state index contributed by atoms with van der Waals surface area (Å²) in [6.45, 7) is 1.70. The number of hydrogen-bond donors (Lipinski definition) is 3. The molecule has 3 N–H and O–H groups in total. The summed E-state index contributed by atoms with van der Waals surface area (Å²) in [6, 6.07) is 8.28. The number of aliphatic imine (C=N–C) groups is 1. The van der Waals surface area contributed by atoms with Gasteiger partial charge >= 0.3 is 0 Å². The van der Waals surface area contributed by atoms with Crippen LogP contribution in [0.25, 0.3) is 11.4 Å². The SMILES string of the molecule is CN=C(NCCCCC1CCCC1)NCc1cccc(-c2ncn[nH]2)c1. The van der Waals surface area contributed by atoms with Gasteiger partial charge in [0, 0.05) is 25.7 Å². The summed E-state index contributed by atoms with van der Waals surface area (Å²) >= 11 is 0. The smallest absolute Gasteiger partial charge is 0.191 e. The van der Waals surface area contributed by atoms with E-state index in [1.165, 1.54) is 56.8 Å². The van der Waals surface area contributed by atoms with Crippen molar-refractivity contribution in [1.29, 1.82) is 0 Å². The fourth-order valence-corrected chi connectivity index (χ4v) is 3.64. The van der Waals surface area contributed by atoms with E-state index in [-0.39, 0.29) is 0 Å². The highest BCUT2D eigenvalue weighted by atomic mass is 15.2. The Balaban J connectivity index is 1.38. The Morgan fingerprint density at radius 1 is 1.23 bits per heavy atom. The average molecular weight is 355 g/mol. The van der Waals surface area contributed by atoms with E-state index >= 15 is 0 Å². The molecule has 1 fully saturated rings. The zero-order chi connectivity index (χ0) is 18.0. The van der Waals surface area contributed by atoms with Crippen LogP contribution in [-0.2, 0) is 6.54 Å². The van der Waals surface area contributed by atoms with E-state index in [1.54, 1.807) is 0 Å². The quantitative estimate of drug-likeness (QED) is 0.385. The first-order valence-corrected chi connectivity index (χ1v) is 9.74. The molecule has 1 heterocycles. The van der Waals surface area contributed by atoms with E-state index in [0.29, 0.717) is 0 Å². The third-order valence-electron chi connectivity index (χ3n) is 5.11. The number of benzene rings is 1. The van der Waals surface area contributed by atoms with E-state index in [4.69, 9.17) is 0 Å². The molecule has 1 aliphatic carbocycles. The van der Waals surface area contributed by atoms with E-state index in [2.05, 4.69) is 42.9 Å². The van der Waals surface area contributed by atoms with Crippen LogP contribution >= 0.6 is 0 Å². The molecule has 2 aromatic rings. The van der Waals surface area contributed by atoms with Crippen LogP contribution in [0.2, 0.25) is 0 Å². The lowest BCUT2D eigenvalue weighted by atomic mass is 10.0. The van der Waals surface area contributed by atoms with Crippen LogP contribution in [0.4, 0.5) is 0 Å². The molecular weight excluding hydrogens is 324 g/mol. The first kappa shape index (κ1) is 18.4. The van der Waals surface area contributed by atoms with Crippen molar-refractivity contribution < 1.29 is 0 Å². The molecule has 0 bridgehead atoms. The summed E-state index contributed by atoms with van der Waals surface area (Å²) in [6.07, 6.45) is 11.2. The van der Waals surface area contributed by atoms with Gasteiger partial charge in [-0.2, -0.15) is 5.10 Å². The Kier molecular flexibility index (Phi) is 7.05. The van der Waals surface area contributed by atoms with Crippen molar-refractivity contribution in [2.24, 2.45) is 10.9 Å². The van der Waals surface area contributed by atoms with E-state index in [9.17, 15) is 0 Å². The molecule has 0 aliphatic heterocycles. The van der Waals surface area contributed by atoms with Gasteiger partial charge in [-0.3, -0.25) is 10.1 Å². The van der Waals surface area contributed by atoms with Crippen molar-refractivity contribution in [3.05, 3.63) is 36.2 Å². The lowest BCUT2D eigenvalue weighted by molar-refractivity contribution is 0.472. The monoisotopic (exact) mass is 354 g/mol. The summed E-state index contributed by atoms with van der Waals surface area (Å²) in [5.41, 5.74) is 2.22. The summed E-state index contributed by atoms with van der Waals surface area (Å²) in [5.74, 6) is 2.64. The molecule has 26 heavy (non-hydrogen) atoms. The summed E-state index contributed by atoms with van der Waals surface area (Å²) in [5, 5.41) is 13.6. The molecule has 1 aromatic carbocycles. The number of H-pyrrole nitrogens is 1. The van der Waals surface area contributed by atoms with Crippen molar-refractivity contribution in [1.82, 2.24) is 25.8 Å². The summed E-state index contributed by atoms with van der Waals surface area (Å²) in [4.78, 5) is 8.52. The van der Waals surface area contributed by atoms with Crippen LogP contribution in [0.3, 0.4) is 0 Å².